The van der Waals surface area contributed by atoms with Crippen molar-refractivity contribution in [3.8, 4) is 0 Å². The van der Waals surface area contributed by atoms with Gasteiger partial charge in [-0.2, -0.15) is 0 Å². The third-order valence-corrected chi connectivity index (χ3v) is 2.91. The fourth-order valence-corrected chi connectivity index (χ4v) is 1.47. The Morgan fingerprint density at radius 2 is 1.89 bits per heavy atom. The average Bonchev–Trinajstić information content (AvgIpc) is 2.38. The molecule has 0 heterocycles. The molecule has 0 aromatic heterocycles. The Morgan fingerprint density at radius 3 is 2.42 bits per heavy atom. The molecule has 19 heavy (non-hydrogen) atoms. The lowest BCUT2D eigenvalue weighted by atomic mass is 10.1. The van der Waals surface area contributed by atoms with Gasteiger partial charge in [0.05, 0.1) is 0 Å². The van der Waals surface area contributed by atoms with Gasteiger partial charge in [0.25, 0.3) is 0 Å². The van der Waals surface area contributed by atoms with E-state index in [2.05, 4.69) is 6.58 Å². The third kappa shape index (κ3) is 4.38. The van der Waals surface area contributed by atoms with E-state index < -0.39 is 0 Å². The van der Waals surface area contributed by atoms with Crippen molar-refractivity contribution in [2.75, 3.05) is 14.1 Å². The highest BCUT2D eigenvalue weighted by atomic mass is 16.6. The SMILES string of the molecule is C=Cc1ccccc1/C=C(\C)C(=O)OC(C)N(C)C. The van der Waals surface area contributed by atoms with Crippen LogP contribution in [0.4, 0.5) is 0 Å². The summed E-state index contributed by atoms with van der Waals surface area (Å²) in [5, 5.41) is 0. The van der Waals surface area contributed by atoms with Gasteiger partial charge >= 0.3 is 5.97 Å². The maximum absolute atomic E-state index is 11.9. The van der Waals surface area contributed by atoms with Crippen molar-refractivity contribution in [1.29, 1.82) is 0 Å². The van der Waals surface area contributed by atoms with Crippen LogP contribution in [0.15, 0.2) is 36.4 Å². The van der Waals surface area contributed by atoms with Crippen molar-refractivity contribution < 1.29 is 9.53 Å². The van der Waals surface area contributed by atoms with E-state index in [1.165, 1.54) is 0 Å². The molecule has 0 fully saturated rings. The summed E-state index contributed by atoms with van der Waals surface area (Å²) in [6.07, 6.45) is 3.35. The fourth-order valence-electron chi connectivity index (χ4n) is 1.47. The van der Waals surface area contributed by atoms with Gasteiger partial charge in [-0.05, 0) is 45.1 Å². The highest BCUT2D eigenvalue weighted by Crippen LogP contribution is 2.15. The molecule has 0 spiro atoms. The van der Waals surface area contributed by atoms with Gasteiger partial charge < -0.3 is 4.74 Å². The lowest BCUT2D eigenvalue weighted by Crippen LogP contribution is -2.30. The number of hydrogen-bond donors (Lipinski definition) is 0. The van der Waals surface area contributed by atoms with Gasteiger partial charge in [0.15, 0.2) is 6.23 Å². The fraction of sp³-hybridized carbons (Fsp3) is 0.312. The average molecular weight is 259 g/mol. The van der Waals surface area contributed by atoms with E-state index >= 15 is 0 Å². The van der Waals surface area contributed by atoms with Crippen LogP contribution in [0.3, 0.4) is 0 Å². The molecule has 1 unspecified atom stereocenters. The van der Waals surface area contributed by atoms with Crippen molar-refractivity contribution in [2.45, 2.75) is 20.1 Å². The van der Waals surface area contributed by atoms with E-state index in [1.54, 1.807) is 13.0 Å². The minimum absolute atomic E-state index is 0.245. The topological polar surface area (TPSA) is 29.5 Å². The van der Waals surface area contributed by atoms with Gasteiger partial charge in [0.2, 0.25) is 0 Å². The normalized spacial score (nSPS) is 13.2. The molecule has 0 saturated carbocycles. The highest BCUT2D eigenvalue weighted by molar-refractivity contribution is 5.93. The number of hydrogen-bond acceptors (Lipinski definition) is 3. The Balaban J connectivity index is 2.87. The zero-order valence-corrected chi connectivity index (χ0v) is 12.0. The molecule has 0 saturated heterocycles. The summed E-state index contributed by atoms with van der Waals surface area (Å²) in [4.78, 5) is 13.8. The van der Waals surface area contributed by atoms with Gasteiger partial charge in [-0.3, -0.25) is 4.90 Å². The Labute approximate surface area is 115 Å². The van der Waals surface area contributed by atoms with E-state index in [-0.39, 0.29) is 12.2 Å². The zero-order valence-electron chi connectivity index (χ0n) is 12.0. The van der Waals surface area contributed by atoms with E-state index in [4.69, 9.17) is 4.74 Å². The number of rotatable bonds is 5. The molecule has 0 radical (unpaired) electrons. The van der Waals surface area contributed by atoms with Crippen LogP contribution >= 0.6 is 0 Å². The second-order valence-corrected chi connectivity index (χ2v) is 4.63. The zero-order chi connectivity index (χ0) is 14.4. The lowest BCUT2D eigenvalue weighted by molar-refractivity contribution is -0.150. The molecule has 3 heteroatoms. The van der Waals surface area contributed by atoms with Gasteiger partial charge in [-0.15, -0.1) is 0 Å². The van der Waals surface area contributed by atoms with Crippen LogP contribution in [0.5, 0.6) is 0 Å². The van der Waals surface area contributed by atoms with Gasteiger partial charge in [-0.25, -0.2) is 4.79 Å². The van der Waals surface area contributed by atoms with Crippen LogP contribution in [0.2, 0.25) is 0 Å². The molecular weight excluding hydrogens is 238 g/mol. The van der Waals surface area contributed by atoms with E-state index in [0.717, 1.165) is 11.1 Å². The lowest BCUT2D eigenvalue weighted by Gasteiger charge is -2.20. The molecule has 0 aliphatic carbocycles. The summed E-state index contributed by atoms with van der Waals surface area (Å²) >= 11 is 0. The summed E-state index contributed by atoms with van der Waals surface area (Å²) in [5.41, 5.74) is 2.53. The van der Waals surface area contributed by atoms with Crippen LogP contribution in [-0.4, -0.2) is 31.2 Å². The maximum atomic E-state index is 11.9. The molecule has 3 nitrogen and oxygen atoms in total. The summed E-state index contributed by atoms with van der Waals surface area (Å²) < 4.78 is 5.31. The number of ether oxygens (including phenoxy) is 1. The monoisotopic (exact) mass is 259 g/mol. The molecule has 1 aromatic carbocycles. The second kappa shape index (κ2) is 6.90. The molecule has 102 valence electrons. The Bertz CT molecular complexity index is 489. The number of benzene rings is 1. The minimum Gasteiger partial charge on any atom is -0.443 e. The first-order valence-corrected chi connectivity index (χ1v) is 6.23. The largest absolute Gasteiger partial charge is 0.443 e. The first-order chi connectivity index (χ1) is 8.95. The maximum Gasteiger partial charge on any atom is 0.335 e. The third-order valence-electron chi connectivity index (χ3n) is 2.91. The Kier molecular flexibility index (Phi) is 5.52. The molecule has 1 aromatic rings. The van der Waals surface area contributed by atoms with E-state index in [0.29, 0.717) is 5.57 Å². The summed E-state index contributed by atoms with van der Waals surface area (Å²) in [6, 6.07) is 7.78. The molecular formula is C16H21NO2. The molecule has 0 aliphatic heterocycles. The summed E-state index contributed by atoms with van der Waals surface area (Å²) in [5.74, 6) is -0.305. The van der Waals surface area contributed by atoms with E-state index in [1.807, 2.05) is 56.3 Å². The summed E-state index contributed by atoms with van der Waals surface area (Å²) in [7, 11) is 3.73. The first kappa shape index (κ1) is 15.2. The number of carbonyl (C=O) groups excluding carboxylic acids is 1. The predicted octanol–water partition coefficient (Wildman–Crippen LogP) is 3.18. The molecule has 1 atom stereocenters. The molecule has 0 N–H and O–H groups in total. The van der Waals surface area contributed by atoms with Crippen LogP contribution in [-0.2, 0) is 9.53 Å². The summed E-state index contributed by atoms with van der Waals surface area (Å²) in [6.45, 7) is 7.35. The van der Waals surface area contributed by atoms with Crippen molar-refractivity contribution in [2.24, 2.45) is 0 Å². The van der Waals surface area contributed by atoms with Crippen LogP contribution in [0.1, 0.15) is 25.0 Å². The van der Waals surface area contributed by atoms with Gasteiger partial charge in [0.1, 0.15) is 0 Å². The minimum atomic E-state index is -0.305. The Hall–Kier alpha value is -1.87. The first-order valence-electron chi connectivity index (χ1n) is 6.23. The van der Waals surface area contributed by atoms with Crippen LogP contribution in [0.25, 0.3) is 12.2 Å². The van der Waals surface area contributed by atoms with E-state index in [9.17, 15) is 4.79 Å². The Morgan fingerprint density at radius 1 is 1.32 bits per heavy atom. The van der Waals surface area contributed by atoms with Crippen LogP contribution in [0, 0.1) is 0 Å². The quantitative estimate of drug-likeness (QED) is 0.462. The van der Waals surface area contributed by atoms with Crippen molar-refractivity contribution in [3.05, 3.63) is 47.5 Å². The van der Waals surface area contributed by atoms with Gasteiger partial charge in [0, 0.05) is 5.57 Å². The van der Waals surface area contributed by atoms with Gasteiger partial charge in [-0.1, -0.05) is 36.9 Å². The predicted molar refractivity (Wildman–Crippen MR) is 79.4 cm³/mol. The smallest absolute Gasteiger partial charge is 0.335 e. The number of nitrogens with zero attached hydrogens (tertiary/aromatic N) is 1. The number of carbonyl (C=O) groups is 1. The van der Waals surface area contributed by atoms with Crippen LogP contribution < -0.4 is 0 Å². The molecule has 0 aliphatic rings. The molecule has 1 rings (SSSR count). The van der Waals surface area contributed by atoms with Crippen molar-refractivity contribution in [3.63, 3.8) is 0 Å². The molecule has 0 amide bonds. The van der Waals surface area contributed by atoms with Crippen molar-refractivity contribution >= 4 is 18.1 Å². The standard InChI is InChI=1S/C16H21NO2/c1-6-14-9-7-8-10-15(14)11-12(2)16(18)19-13(3)17(4)5/h6-11,13H,1H2,2-5H3/b12-11+. The highest BCUT2D eigenvalue weighted by Gasteiger charge is 2.12. The second-order valence-electron chi connectivity index (χ2n) is 4.63. The number of esters is 1. The van der Waals surface area contributed by atoms with Crippen molar-refractivity contribution in [1.82, 2.24) is 4.90 Å². The molecule has 0 bridgehead atoms.